The van der Waals surface area contributed by atoms with E-state index < -0.39 is 0 Å². The zero-order valence-electron chi connectivity index (χ0n) is 11.7. The van der Waals surface area contributed by atoms with Gasteiger partial charge in [0.15, 0.2) is 10.9 Å². The van der Waals surface area contributed by atoms with Crippen LogP contribution in [0.1, 0.15) is 21.7 Å². The minimum absolute atomic E-state index is 0.0675. The summed E-state index contributed by atoms with van der Waals surface area (Å²) in [5.41, 5.74) is 0.662. The molecule has 2 rings (SSSR count). The molecule has 22 heavy (non-hydrogen) atoms. The van der Waals surface area contributed by atoms with E-state index in [0.717, 1.165) is 0 Å². The number of nitrogens with one attached hydrogen (secondary N) is 1. The Balaban J connectivity index is 1.82. The van der Waals surface area contributed by atoms with Crippen LogP contribution in [0.2, 0.25) is 10.0 Å². The van der Waals surface area contributed by atoms with Crippen LogP contribution in [0.5, 0.6) is 0 Å². The second-order valence-corrected chi connectivity index (χ2v) is 6.01. The van der Waals surface area contributed by atoms with Gasteiger partial charge in [-0.3, -0.25) is 4.79 Å². The number of thiazole rings is 1. The van der Waals surface area contributed by atoms with Crippen molar-refractivity contribution >= 4 is 51.7 Å². The van der Waals surface area contributed by atoms with Gasteiger partial charge in [-0.1, -0.05) is 45.8 Å². The molecule has 116 valence electrons. The van der Waals surface area contributed by atoms with Crippen LogP contribution >= 0.6 is 34.5 Å². The van der Waals surface area contributed by atoms with Crippen LogP contribution in [0.3, 0.4) is 0 Å². The van der Waals surface area contributed by atoms with Crippen molar-refractivity contribution in [2.24, 2.45) is 5.16 Å². The standard InChI is InChI=1S/C14H13Cl2N3O2S/c1-17-14-18-7-13(22-14)12(20)5-6-19-21-8-9-10(15)3-2-4-11(9)16/h2-4,6-7H,5,8H2,1H3,(H,17,18). The van der Waals surface area contributed by atoms with Gasteiger partial charge in [-0.15, -0.1) is 0 Å². The Labute approximate surface area is 141 Å². The molecule has 0 spiro atoms. The van der Waals surface area contributed by atoms with Gasteiger partial charge < -0.3 is 10.2 Å². The van der Waals surface area contributed by atoms with Crippen molar-refractivity contribution in [3.63, 3.8) is 0 Å². The monoisotopic (exact) mass is 357 g/mol. The van der Waals surface area contributed by atoms with Crippen LogP contribution in [0.25, 0.3) is 0 Å². The second kappa shape index (κ2) is 8.12. The van der Waals surface area contributed by atoms with Gasteiger partial charge in [0.1, 0.15) is 6.61 Å². The largest absolute Gasteiger partial charge is 0.391 e. The molecule has 0 bridgehead atoms. The maximum absolute atomic E-state index is 11.9. The van der Waals surface area contributed by atoms with Gasteiger partial charge in [0.05, 0.1) is 23.7 Å². The highest BCUT2D eigenvalue weighted by Gasteiger charge is 2.09. The summed E-state index contributed by atoms with van der Waals surface area (Å²) in [6.07, 6.45) is 3.09. The van der Waals surface area contributed by atoms with Crippen LogP contribution in [0.4, 0.5) is 5.13 Å². The number of hydrogen-bond acceptors (Lipinski definition) is 6. The normalized spacial score (nSPS) is 10.9. The topological polar surface area (TPSA) is 63.6 Å². The predicted molar refractivity (Wildman–Crippen MR) is 90.4 cm³/mol. The molecule has 0 saturated heterocycles. The molecule has 5 nitrogen and oxygen atoms in total. The summed E-state index contributed by atoms with van der Waals surface area (Å²) in [6, 6.07) is 5.20. The molecule has 1 aromatic heterocycles. The van der Waals surface area contributed by atoms with E-state index in [9.17, 15) is 4.79 Å². The minimum Gasteiger partial charge on any atom is -0.391 e. The Morgan fingerprint density at radius 3 is 2.82 bits per heavy atom. The van der Waals surface area contributed by atoms with E-state index in [4.69, 9.17) is 28.0 Å². The molecule has 8 heteroatoms. The molecule has 1 aromatic carbocycles. The van der Waals surface area contributed by atoms with Gasteiger partial charge in [-0.05, 0) is 12.1 Å². The van der Waals surface area contributed by atoms with Gasteiger partial charge in [0, 0.05) is 22.7 Å². The van der Waals surface area contributed by atoms with E-state index in [0.29, 0.717) is 25.6 Å². The molecular weight excluding hydrogens is 345 g/mol. The molecular formula is C14H13Cl2N3O2S. The van der Waals surface area contributed by atoms with Gasteiger partial charge in [0.2, 0.25) is 0 Å². The van der Waals surface area contributed by atoms with Crippen LogP contribution in [-0.2, 0) is 11.4 Å². The lowest BCUT2D eigenvalue weighted by molar-refractivity contribution is 0.1000. The summed E-state index contributed by atoms with van der Waals surface area (Å²) in [5, 5.41) is 8.36. The first-order chi connectivity index (χ1) is 10.6. The van der Waals surface area contributed by atoms with Crippen molar-refractivity contribution in [2.75, 3.05) is 12.4 Å². The predicted octanol–water partition coefficient (Wildman–Crippen LogP) is 4.27. The van der Waals surface area contributed by atoms with Crippen LogP contribution in [-0.4, -0.2) is 24.0 Å². The molecule has 0 aliphatic heterocycles. The Bertz CT molecular complexity index is 668. The molecule has 1 heterocycles. The van der Waals surface area contributed by atoms with Crippen molar-refractivity contribution in [2.45, 2.75) is 13.0 Å². The third-order valence-corrected chi connectivity index (χ3v) is 4.45. The summed E-state index contributed by atoms with van der Waals surface area (Å²) < 4.78 is 0. The molecule has 0 atom stereocenters. The highest BCUT2D eigenvalue weighted by atomic mass is 35.5. The number of oxime groups is 1. The molecule has 0 aliphatic rings. The summed E-state index contributed by atoms with van der Waals surface area (Å²) in [7, 11) is 1.75. The van der Waals surface area contributed by atoms with Crippen molar-refractivity contribution in [1.82, 2.24) is 4.98 Å². The maximum Gasteiger partial charge on any atom is 0.183 e. The Morgan fingerprint density at radius 1 is 1.45 bits per heavy atom. The lowest BCUT2D eigenvalue weighted by Crippen LogP contribution is -1.97. The molecule has 0 radical (unpaired) electrons. The number of nitrogens with zero attached hydrogens (tertiary/aromatic N) is 2. The third kappa shape index (κ3) is 4.43. The average Bonchev–Trinajstić information content (AvgIpc) is 2.98. The number of aromatic nitrogens is 1. The first-order valence-electron chi connectivity index (χ1n) is 6.35. The molecule has 2 aromatic rings. The number of Topliss-reactive ketones (excluding diaryl/α,β-unsaturated/α-hetero) is 1. The zero-order valence-corrected chi connectivity index (χ0v) is 14.0. The van der Waals surface area contributed by atoms with Crippen LogP contribution < -0.4 is 5.32 Å². The summed E-state index contributed by atoms with van der Waals surface area (Å²) in [6.45, 7) is 0.146. The van der Waals surface area contributed by atoms with E-state index in [1.807, 2.05) is 0 Å². The van der Waals surface area contributed by atoms with Gasteiger partial charge in [0.25, 0.3) is 0 Å². The number of carbonyl (C=O) groups excluding carboxylic acids is 1. The third-order valence-electron chi connectivity index (χ3n) is 2.69. The number of benzene rings is 1. The van der Waals surface area contributed by atoms with Crippen molar-refractivity contribution < 1.29 is 9.63 Å². The van der Waals surface area contributed by atoms with E-state index in [1.165, 1.54) is 23.7 Å². The van der Waals surface area contributed by atoms with E-state index in [1.54, 1.807) is 25.2 Å². The fourth-order valence-electron chi connectivity index (χ4n) is 1.56. The number of anilines is 1. The highest BCUT2D eigenvalue weighted by molar-refractivity contribution is 7.17. The Kier molecular flexibility index (Phi) is 6.18. The molecule has 0 saturated carbocycles. The van der Waals surface area contributed by atoms with Crippen molar-refractivity contribution in [3.05, 3.63) is 44.9 Å². The zero-order chi connectivity index (χ0) is 15.9. The fraction of sp³-hybridized carbons (Fsp3) is 0.214. The molecule has 1 N–H and O–H groups in total. The van der Waals surface area contributed by atoms with Gasteiger partial charge in [-0.25, -0.2) is 4.98 Å². The van der Waals surface area contributed by atoms with E-state index in [-0.39, 0.29) is 18.8 Å². The molecule has 0 unspecified atom stereocenters. The number of hydrogen-bond donors (Lipinski definition) is 1. The number of ketones is 1. The maximum atomic E-state index is 11.9. The Morgan fingerprint density at radius 2 is 2.18 bits per heavy atom. The number of carbonyl (C=O) groups is 1. The van der Waals surface area contributed by atoms with E-state index in [2.05, 4.69) is 15.5 Å². The van der Waals surface area contributed by atoms with Crippen LogP contribution in [0.15, 0.2) is 29.6 Å². The smallest absolute Gasteiger partial charge is 0.183 e. The summed E-state index contributed by atoms with van der Waals surface area (Å²) >= 11 is 13.3. The van der Waals surface area contributed by atoms with E-state index >= 15 is 0 Å². The average molecular weight is 358 g/mol. The lowest BCUT2D eigenvalue weighted by Gasteiger charge is -2.04. The second-order valence-electron chi connectivity index (χ2n) is 4.17. The summed E-state index contributed by atoms with van der Waals surface area (Å²) in [5.74, 6) is -0.0675. The molecule has 0 aliphatic carbocycles. The van der Waals surface area contributed by atoms with Crippen molar-refractivity contribution in [3.8, 4) is 0 Å². The highest BCUT2D eigenvalue weighted by Crippen LogP contribution is 2.24. The van der Waals surface area contributed by atoms with Crippen molar-refractivity contribution in [1.29, 1.82) is 0 Å². The minimum atomic E-state index is -0.0675. The quantitative estimate of drug-likeness (QED) is 0.456. The molecule has 0 amide bonds. The van der Waals surface area contributed by atoms with Gasteiger partial charge >= 0.3 is 0 Å². The number of halogens is 2. The molecule has 0 fully saturated rings. The van der Waals surface area contributed by atoms with Gasteiger partial charge in [-0.2, -0.15) is 0 Å². The first kappa shape index (κ1) is 16.7. The SMILES string of the molecule is CNc1ncc(C(=O)CC=NOCc2c(Cl)cccc2Cl)s1. The lowest BCUT2D eigenvalue weighted by atomic mass is 10.2. The fourth-order valence-corrected chi connectivity index (χ4v) is 2.79. The Hall–Kier alpha value is -1.63. The number of rotatable bonds is 7. The first-order valence-corrected chi connectivity index (χ1v) is 7.92. The summed E-state index contributed by atoms with van der Waals surface area (Å²) in [4.78, 5) is 21.6. The van der Waals surface area contributed by atoms with Crippen LogP contribution in [0, 0.1) is 0 Å².